The monoisotopic (exact) mass is 351 g/mol. The van der Waals surface area contributed by atoms with E-state index in [9.17, 15) is 28.6 Å². The maximum Gasteiger partial charge on any atom is 0.274 e. The second-order valence-electron chi connectivity index (χ2n) is 4.99. The lowest BCUT2D eigenvalue weighted by atomic mass is 10.2. The third-order valence-corrected chi connectivity index (χ3v) is 4.49. The lowest BCUT2D eigenvalue weighted by molar-refractivity contribution is -0.385. The second-order valence-corrected chi connectivity index (χ2v) is 6.72. The van der Waals surface area contributed by atoms with Crippen LogP contribution in [0.4, 0.5) is 17.1 Å². The molecule has 0 aliphatic carbocycles. The summed E-state index contributed by atoms with van der Waals surface area (Å²) in [4.78, 5) is 20.4. The molecule has 0 aliphatic heterocycles. The Labute approximate surface area is 137 Å². The summed E-state index contributed by atoms with van der Waals surface area (Å²) in [6.45, 7) is 1.43. The molecule has 0 aliphatic rings. The van der Waals surface area contributed by atoms with Crippen LogP contribution in [0.25, 0.3) is 0 Å². The van der Waals surface area contributed by atoms with Crippen LogP contribution in [-0.2, 0) is 15.8 Å². The number of nitro benzene ring substituents is 2. The highest BCUT2D eigenvalue weighted by atomic mass is 32.2. The number of hydrogen-bond donors (Lipinski definition) is 1. The Morgan fingerprint density at radius 2 is 1.71 bits per heavy atom. The van der Waals surface area contributed by atoms with Crippen molar-refractivity contribution < 1.29 is 18.3 Å². The Morgan fingerprint density at radius 1 is 1.04 bits per heavy atom. The van der Waals surface area contributed by atoms with Gasteiger partial charge in [-0.2, -0.15) is 0 Å². The molecule has 9 nitrogen and oxygen atoms in total. The van der Waals surface area contributed by atoms with Crippen molar-refractivity contribution in [3.8, 4) is 0 Å². The summed E-state index contributed by atoms with van der Waals surface area (Å²) in [5.41, 5.74) is 0.0966. The van der Waals surface area contributed by atoms with E-state index in [1.807, 2.05) is 0 Å². The highest BCUT2D eigenvalue weighted by Crippen LogP contribution is 2.26. The summed E-state index contributed by atoms with van der Waals surface area (Å²) in [6, 6.07) is 9.32. The topological polar surface area (TPSA) is 132 Å². The fourth-order valence-corrected chi connectivity index (χ4v) is 3.36. The first-order valence-electron chi connectivity index (χ1n) is 6.67. The van der Waals surface area contributed by atoms with Gasteiger partial charge in [0.1, 0.15) is 0 Å². The first-order valence-corrected chi connectivity index (χ1v) is 8.32. The predicted molar refractivity (Wildman–Crippen MR) is 87.2 cm³/mol. The number of rotatable bonds is 6. The number of hydrogen-bond acceptors (Lipinski definition) is 6. The number of non-ortho nitro benzene ring substituents is 1. The van der Waals surface area contributed by atoms with Gasteiger partial charge in [-0.3, -0.25) is 25.0 Å². The van der Waals surface area contributed by atoms with E-state index in [-0.39, 0.29) is 28.2 Å². The van der Waals surface area contributed by atoms with E-state index >= 15 is 0 Å². The van der Waals surface area contributed by atoms with E-state index in [1.54, 1.807) is 0 Å². The predicted octanol–water partition coefficient (Wildman–Crippen LogP) is 2.75. The van der Waals surface area contributed by atoms with Crippen molar-refractivity contribution in [2.75, 3.05) is 4.72 Å². The van der Waals surface area contributed by atoms with Gasteiger partial charge in [-0.25, -0.2) is 8.42 Å². The van der Waals surface area contributed by atoms with Crippen molar-refractivity contribution in [2.45, 2.75) is 12.7 Å². The van der Waals surface area contributed by atoms with Gasteiger partial charge in [-0.05, 0) is 18.6 Å². The molecule has 0 heterocycles. The van der Waals surface area contributed by atoms with Crippen LogP contribution < -0.4 is 4.72 Å². The van der Waals surface area contributed by atoms with Crippen LogP contribution in [0, 0.1) is 27.2 Å². The van der Waals surface area contributed by atoms with Gasteiger partial charge in [0.05, 0.1) is 26.9 Å². The van der Waals surface area contributed by atoms with Gasteiger partial charge >= 0.3 is 0 Å². The van der Waals surface area contributed by atoms with Gasteiger partial charge in [-0.1, -0.05) is 18.2 Å². The standard InChI is InChI=1S/C14H13N3O6S/c1-10-13(6-3-7-14(10)17(20)21)15-24(22,23)9-11-4-2-5-12(8-11)16(18)19/h2-8,15H,9H2,1H3. The van der Waals surface area contributed by atoms with Crippen molar-refractivity contribution in [3.63, 3.8) is 0 Å². The van der Waals surface area contributed by atoms with Crippen LogP contribution in [0.2, 0.25) is 0 Å². The van der Waals surface area contributed by atoms with Crippen LogP contribution in [0.1, 0.15) is 11.1 Å². The van der Waals surface area contributed by atoms with Crippen molar-refractivity contribution in [3.05, 3.63) is 73.8 Å². The summed E-state index contributed by atoms with van der Waals surface area (Å²) in [6.07, 6.45) is 0. The van der Waals surface area contributed by atoms with Crippen LogP contribution >= 0.6 is 0 Å². The van der Waals surface area contributed by atoms with Gasteiger partial charge in [0.15, 0.2) is 0 Å². The molecule has 10 heteroatoms. The molecule has 0 saturated heterocycles. The first-order chi connectivity index (χ1) is 11.2. The average Bonchev–Trinajstić information content (AvgIpc) is 2.48. The SMILES string of the molecule is Cc1c(NS(=O)(=O)Cc2cccc([N+](=O)[O-])c2)cccc1[N+](=O)[O-]. The molecule has 2 aromatic carbocycles. The Bertz CT molecular complexity index is 910. The lowest BCUT2D eigenvalue weighted by Gasteiger charge is -2.10. The minimum absolute atomic E-state index is 0.0923. The number of benzene rings is 2. The number of nitrogens with one attached hydrogen (secondary N) is 1. The molecule has 0 spiro atoms. The Morgan fingerprint density at radius 3 is 2.33 bits per heavy atom. The molecule has 1 N–H and O–H groups in total. The maximum atomic E-state index is 12.2. The molecular formula is C14H13N3O6S. The minimum Gasteiger partial charge on any atom is -0.283 e. The van der Waals surface area contributed by atoms with Crippen LogP contribution in [0.5, 0.6) is 0 Å². The van der Waals surface area contributed by atoms with Gasteiger partial charge < -0.3 is 0 Å². The van der Waals surface area contributed by atoms with Crippen molar-refractivity contribution in [1.29, 1.82) is 0 Å². The zero-order valence-corrected chi connectivity index (χ0v) is 13.3. The number of sulfonamides is 1. The highest BCUT2D eigenvalue weighted by Gasteiger charge is 2.19. The highest BCUT2D eigenvalue weighted by molar-refractivity contribution is 7.91. The quantitative estimate of drug-likeness (QED) is 0.628. The Balaban J connectivity index is 2.27. The molecule has 0 unspecified atom stereocenters. The number of anilines is 1. The zero-order valence-electron chi connectivity index (χ0n) is 12.5. The summed E-state index contributed by atoms with van der Waals surface area (Å²) < 4.78 is 26.7. The van der Waals surface area contributed by atoms with Crippen LogP contribution in [-0.4, -0.2) is 18.3 Å². The van der Waals surface area contributed by atoms with E-state index < -0.39 is 25.6 Å². The summed E-state index contributed by atoms with van der Waals surface area (Å²) in [5.74, 6) is -0.489. The first kappa shape index (κ1) is 17.3. The second kappa shape index (κ2) is 6.62. The van der Waals surface area contributed by atoms with E-state index in [1.165, 1.54) is 49.4 Å². The van der Waals surface area contributed by atoms with Gasteiger partial charge in [0, 0.05) is 18.2 Å². The van der Waals surface area contributed by atoms with E-state index in [4.69, 9.17) is 0 Å². The summed E-state index contributed by atoms with van der Waals surface area (Å²) >= 11 is 0. The number of nitro groups is 2. The molecule has 0 atom stereocenters. The molecule has 0 fully saturated rings. The molecule has 0 aromatic heterocycles. The largest absolute Gasteiger partial charge is 0.283 e. The van der Waals surface area contributed by atoms with Crippen LogP contribution in [0.15, 0.2) is 42.5 Å². The van der Waals surface area contributed by atoms with Crippen molar-refractivity contribution in [2.24, 2.45) is 0 Å². The third-order valence-electron chi connectivity index (χ3n) is 3.25. The Hall–Kier alpha value is -3.01. The van der Waals surface area contributed by atoms with E-state index in [0.717, 1.165) is 0 Å². The molecule has 2 rings (SSSR count). The fraction of sp³-hybridized carbons (Fsp3) is 0.143. The van der Waals surface area contributed by atoms with Gasteiger partial charge in [0.25, 0.3) is 11.4 Å². The average molecular weight is 351 g/mol. The molecule has 0 amide bonds. The smallest absolute Gasteiger partial charge is 0.274 e. The van der Waals surface area contributed by atoms with E-state index in [2.05, 4.69) is 4.72 Å². The molecule has 0 saturated carbocycles. The molecule has 2 aromatic rings. The number of nitrogens with zero attached hydrogens (tertiary/aromatic N) is 2. The van der Waals surface area contributed by atoms with Crippen molar-refractivity contribution >= 4 is 27.1 Å². The molecule has 24 heavy (non-hydrogen) atoms. The summed E-state index contributed by atoms with van der Waals surface area (Å²) in [5, 5.41) is 21.6. The molecule has 126 valence electrons. The Kier molecular flexibility index (Phi) is 4.79. The minimum atomic E-state index is -3.89. The molecular weight excluding hydrogens is 338 g/mol. The lowest BCUT2D eigenvalue weighted by Crippen LogP contribution is -2.16. The van der Waals surface area contributed by atoms with Gasteiger partial charge in [-0.15, -0.1) is 0 Å². The zero-order chi connectivity index (χ0) is 17.9. The summed E-state index contributed by atoms with van der Waals surface area (Å²) in [7, 11) is -3.89. The van der Waals surface area contributed by atoms with E-state index in [0.29, 0.717) is 0 Å². The van der Waals surface area contributed by atoms with Gasteiger partial charge in [0.2, 0.25) is 10.0 Å². The maximum absolute atomic E-state index is 12.2. The van der Waals surface area contributed by atoms with Crippen molar-refractivity contribution in [1.82, 2.24) is 0 Å². The normalized spacial score (nSPS) is 11.0. The van der Waals surface area contributed by atoms with Crippen LogP contribution in [0.3, 0.4) is 0 Å². The third kappa shape index (κ3) is 4.04. The molecule has 0 bridgehead atoms. The molecule has 0 radical (unpaired) electrons. The fourth-order valence-electron chi connectivity index (χ4n) is 2.11.